The second kappa shape index (κ2) is 2.75. The van der Waals surface area contributed by atoms with Crippen molar-refractivity contribution in [2.75, 3.05) is 0 Å². The fraction of sp³-hybridized carbons (Fsp3) is 0.857. The van der Waals surface area contributed by atoms with Gasteiger partial charge in [0.15, 0.2) is 0 Å². The van der Waals surface area contributed by atoms with E-state index in [0.717, 1.165) is 0 Å². The summed E-state index contributed by atoms with van der Waals surface area (Å²) in [5.41, 5.74) is 0. The number of rotatable bonds is 1. The molecule has 0 aromatic carbocycles. The SMILES string of the molecule is N=C([O-])C1CCC(F)(F)CC1. The molecular formula is C7H10F2NO-. The molecule has 0 spiro atoms. The van der Waals surface area contributed by atoms with Gasteiger partial charge < -0.3 is 10.5 Å². The van der Waals surface area contributed by atoms with E-state index in [1.165, 1.54) is 0 Å². The molecule has 11 heavy (non-hydrogen) atoms. The minimum absolute atomic E-state index is 0.176. The molecule has 0 saturated heterocycles. The summed E-state index contributed by atoms with van der Waals surface area (Å²) in [4.78, 5) is 0. The molecule has 1 N–H and O–H groups in total. The summed E-state index contributed by atoms with van der Waals surface area (Å²) in [6.07, 6.45) is -0.116. The van der Waals surface area contributed by atoms with Crippen LogP contribution in [0.3, 0.4) is 0 Å². The smallest absolute Gasteiger partial charge is 0.248 e. The number of halogens is 2. The molecule has 0 aliphatic heterocycles. The lowest BCUT2D eigenvalue weighted by Gasteiger charge is -2.30. The van der Waals surface area contributed by atoms with Crippen LogP contribution in [0.2, 0.25) is 0 Å². The van der Waals surface area contributed by atoms with Crippen LogP contribution < -0.4 is 5.11 Å². The van der Waals surface area contributed by atoms with Gasteiger partial charge in [-0.05, 0) is 24.7 Å². The van der Waals surface area contributed by atoms with Crippen molar-refractivity contribution in [3.8, 4) is 0 Å². The van der Waals surface area contributed by atoms with Crippen molar-refractivity contribution in [1.82, 2.24) is 0 Å². The van der Waals surface area contributed by atoms with Crippen molar-refractivity contribution in [3.63, 3.8) is 0 Å². The maximum Gasteiger partial charge on any atom is 0.248 e. The first-order chi connectivity index (χ1) is 5.01. The standard InChI is InChI=1S/C7H11F2NO/c8-7(9)3-1-5(2-4-7)6(10)11/h5H,1-4H2,(H2,10,11)/p-1. The van der Waals surface area contributed by atoms with E-state index >= 15 is 0 Å². The van der Waals surface area contributed by atoms with E-state index in [4.69, 9.17) is 5.41 Å². The topological polar surface area (TPSA) is 46.9 Å². The average molecular weight is 162 g/mol. The highest BCUT2D eigenvalue weighted by molar-refractivity contribution is 5.70. The van der Waals surface area contributed by atoms with Gasteiger partial charge in [-0.1, -0.05) is 0 Å². The molecule has 1 aliphatic carbocycles. The molecule has 0 bridgehead atoms. The van der Waals surface area contributed by atoms with E-state index in [2.05, 4.69) is 0 Å². The Kier molecular flexibility index (Phi) is 2.11. The van der Waals surface area contributed by atoms with Crippen LogP contribution in [0.25, 0.3) is 0 Å². The van der Waals surface area contributed by atoms with Crippen LogP contribution in [0.5, 0.6) is 0 Å². The summed E-state index contributed by atoms with van der Waals surface area (Å²) < 4.78 is 24.9. The molecule has 0 atom stereocenters. The molecule has 0 amide bonds. The van der Waals surface area contributed by atoms with Gasteiger partial charge >= 0.3 is 0 Å². The highest BCUT2D eigenvalue weighted by Gasteiger charge is 2.34. The van der Waals surface area contributed by atoms with E-state index in [0.29, 0.717) is 0 Å². The predicted molar refractivity (Wildman–Crippen MR) is 34.6 cm³/mol. The van der Waals surface area contributed by atoms with Crippen molar-refractivity contribution < 1.29 is 13.9 Å². The lowest BCUT2D eigenvalue weighted by Crippen LogP contribution is -2.33. The van der Waals surface area contributed by atoms with E-state index in [1.807, 2.05) is 0 Å². The summed E-state index contributed by atoms with van der Waals surface area (Å²) in [5, 5.41) is 17.1. The third-order valence-electron chi connectivity index (χ3n) is 2.09. The fourth-order valence-electron chi connectivity index (χ4n) is 1.30. The Morgan fingerprint density at radius 2 is 1.82 bits per heavy atom. The average Bonchev–Trinajstić information content (AvgIpc) is 1.86. The zero-order valence-electron chi connectivity index (χ0n) is 6.07. The molecule has 2 nitrogen and oxygen atoms in total. The summed E-state index contributed by atoms with van der Waals surface area (Å²) >= 11 is 0. The minimum atomic E-state index is -2.59. The van der Waals surface area contributed by atoms with E-state index in [9.17, 15) is 13.9 Å². The van der Waals surface area contributed by atoms with Gasteiger partial charge in [-0.2, -0.15) is 0 Å². The van der Waals surface area contributed by atoms with Gasteiger partial charge in [0.2, 0.25) is 5.92 Å². The zero-order chi connectivity index (χ0) is 8.48. The molecule has 1 aliphatic rings. The third kappa shape index (κ3) is 2.13. The Labute approximate surface area is 63.7 Å². The highest BCUT2D eigenvalue weighted by atomic mass is 19.3. The zero-order valence-corrected chi connectivity index (χ0v) is 6.07. The van der Waals surface area contributed by atoms with Crippen molar-refractivity contribution >= 4 is 5.90 Å². The van der Waals surface area contributed by atoms with Gasteiger partial charge in [-0.25, -0.2) is 8.78 Å². The Bertz CT molecular complexity index is 160. The molecular weight excluding hydrogens is 152 g/mol. The largest absolute Gasteiger partial charge is 0.862 e. The first-order valence-electron chi connectivity index (χ1n) is 3.64. The summed E-state index contributed by atoms with van der Waals surface area (Å²) in [7, 11) is 0. The number of hydrogen-bond acceptors (Lipinski definition) is 2. The van der Waals surface area contributed by atoms with Gasteiger partial charge in [0.1, 0.15) is 0 Å². The second-order valence-corrected chi connectivity index (χ2v) is 2.99. The second-order valence-electron chi connectivity index (χ2n) is 2.99. The van der Waals surface area contributed by atoms with Crippen LogP contribution >= 0.6 is 0 Å². The first kappa shape index (κ1) is 8.43. The molecule has 1 saturated carbocycles. The van der Waals surface area contributed by atoms with Gasteiger partial charge in [0.25, 0.3) is 0 Å². The number of hydrogen-bond donors (Lipinski definition) is 1. The van der Waals surface area contributed by atoms with Gasteiger partial charge in [-0.15, -0.1) is 0 Å². The van der Waals surface area contributed by atoms with Crippen molar-refractivity contribution in [2.45, 2.75) is 31.6 Å². The van der Waals surface area contributed by atoms with Gasteiger partial charge in [-0.3, -0.25) is 0 Å². The molecule has 0 radical (unpaired) electrons. The quantitative estimate of drug-likeness (QED) is 0.456. The maximum absolute atomic E-state index is 12.5. The lowest BCUT2D eigenvalue weighted by molar-refractivity contribution is -0.228. The normalized spacial score (nSPS) is 24.9. The summed E-state index contributed by atoms with van der Waals surface area (Å²) in [6.45, 7) is 0. The first-order valence-corrected chi connectivity index (χ1v) is 3.64. The Hall–Kier alpha value is -0.670. The lowest BCUT2D eigenvalue weighted by atomic mass is 9.87. The summed E-state index contributed by atoms with van der Waals surface area (Å²) in [6, 6.07) is 0. The van der Waals surface area contributed by atoms with E-state index < -0.39 is 17.7 Å². The Morgan fingerprint density at radius 1 is 1.36 bits per heavy atom. The Morgan fingerprint density at radius 3 is 2.18 bits per heavy atom. The fourth-order valence-corrected chi connectivity index (χ4v) is 1.30. The van der Waals surface area contributed by atoms with Crippen molar-refractivity contribution in [3.05, 3.63) is 0 Å². The minimum Gasteiger partial charge on any atom is -0.862 e. The molecule has 0 heterocycles. The third-order valence-corrected chi connectivity index (χ3v) is 2.09. The molecule has 1 fully saturated rings. The number of nitrogens with one attached hydrogen (secondary N) is 1. The monoisotopic (exact) mass is 162 g/mol. The van der Waals surface area contributed by atoms with E-state index in [-0.39, 0.29) is 25.7 Å². The van der Waals surface area contributed by atoms with Gasteiger partial charge in [0, 0.05) is 12.8 Å². The van der Waals surface area contributed by atoms with Crippen LogP contribution in [-0.2, 0) is 0 Å². The molecule has 0 aromatic rings. The Balaban J connectivity index is 2.42. The van der Waals surface area contributed by atoms with Crippen LogP contribution in [0, 0.1) is 11.3 Å². The molecule has 1 rings (SSSR count). The number of alkyl halides is 2. The van der Waals surface area contributed by atoms with Crippen LogP contribution in [-0.4, -0.2) is 11.8 Å². The maximum atomic E-state index is 12.5. The van der Waals surface area contributed by atoms with Crippen LogP contribution in [0.1, 0.15) is 25.7 Å². The van der Waals surface area contributed by atoms with E-state index in [1.54, 1.807) is 0 Å². The van der Waals surface area contributed by atoms with Gasteiger partial charge in [0.05, 0.1) is 0 Å². The highest BCUT2D eigenvalue weighted by Crippen LogP contribution is 2.35. The predicted octanol–water partition coefficient (Wildman–Crippen LogP) is 1.15. The van der Waals surface area contributed by atoms with Crippen molar-refractivity contribution in [1.29, 1.82) is 5.41 Å². The van der Waals surface area contributed by atoms with Crippen LogP contribution in [0.15, 0.2) is 0 Å². The molecule has 0 unspecified atom stereocenters. The molecule has 4 heteroatoms. The van der Waals surface area contributed by atoms with Crippen LogP contribution in [0.4, 0.5) is 8.78 Å². The van der Waals surface area contributed by atoms with Crippen molar-refractivity contribution in [2.24, 2.45) is 5.92 Å². The molecule has 0 aromatic heterocycles. The summed E-state index contributed by atoms with van der Waals surface area (Å²) in [5.74, 6) is -3.72. The molecule has 64 valence electrons.